The van der Waals surface area contributed by atoms with Crippen molar-refractivity contribution < 1.29 is 32.3 Å². The third kappa shape index (κ3) is 3.81. The Kier molecular flexibility index (Phi) is 5.67. The maximum Gasteiger partial charge on any atom is 0.425 e. The third-order valence-electron chi connectivity index (χ3n) is 5.71. The summed E-state index contributed by atoms with van der Waals surface area (Å²) >= 11 is 0. The number of halogens is 3. The number of nitrogens with zero attached hydrogens (tertiary/aromatic N) is 1. The predicted octanol–water partition coefficient (Wildman–Crippen LogP) is 3.16. The molecule has 0 fully saturated rings. The number of para-hydroxylation sites is 1. The van der Waals surface area contributed by atoms with Gasteiger partial charge in [-0.2, -0.15) is 13.2 Å². The Morgan fingerprint density at radius 1 is 1.19 bits per heavy atom. The smallest absolute Gasteiger partial charge is 0.425 e. The lowest BCUT2D eigenvalue weighted by molar-refractivity contribution is -0.194. The summed E-state index contributed by atoms with van der Waals surface area (Å²) in [5.41, 5.74) is -3.88. The van der Waals surface area contributed by atoms with Crippen LogP contribution in [0.5, 0.6) is 5.75 Å². The lowest BCUT2D eigenvalue weighted by Gasteiger charge is -2.35. The number of carbonyl (C=O) groups is 3. The first-order valence-electron chi connectivity index (χ1n) is 9.90. The van der Waals surface area contributed by atoms with Gasteiger partial charge in [0, 0.05) is 25.6 Å². The molecule has 0 aromatic heterocycles. The highest BCUT2D eigenvalue weighted by Gasteiger charge is 2.71. The van der Waals surface area contributed by atoms with E-state index in [4.69, 9.17) is 4.74 Å². The van der Waals surface area contributed by atoms with E-state index in [1.165, 1.54) is 7.11 Å². The van der Waals surface area contributed by atoms with E-state index >= 15 is 0 Å². The Bertz CT molecular complexity index is 968. The van der Waals surface area contributed by atoms with Gasteiger partial charge in [0.25, 0.3) is 5.91 Å². The maximum atomic E-state index is 14.4. The minimum Gasteiger partial charge on any atom is -0.496 e. The van der Waals surface area contributed by atoms with Gasteiger partial charge in [0.2, 0.25) is 11.4 Å². The molecule has 2 amide bonds. The van der Waals surface area contributed by atoms with Crippen LogP contribution in [0.15, 0.2) is 35.5 Å². The predicted molar refractivity (Wildman–Crippen MR) is 106 cm³/mol. The van der Waals surface area contributed by atoms with Crippen LogP contribution in [0, 0.1) is 5.41 Å². The highest BCUT2D eigenvalue weighted by atomic mass is 19.4. The number of hydrogen-bond acceptors (Lipinski definition) is 4. The van der Waals surface area contributed by atoms with Crippen LogP contribution in [0.3, 0.4) is 0 Å². The number of carbonyl (C=O) groups excluding carboxylic acids is 3. The molecule has 1 atom stereocenters. The van der Waals surface area contributed by atoms with Crippen molar-refractivity contribution in [3.05, 3.63) is 41.1 Å². The fourth-order valence-electron chi connectivity index (χ4n) is 4.47. The minimum absolute atomic E-state index is 0.0345. The van der Waals surface area contributed by atoms with Crippen LogP contribution in [0.2, 0.25) is 0 Å². The van der Waals surface area contributed by atoms with E-state index in [2.05, 4.69) is 0 Å². The van der Waals surface area contributed by atoms with Crippen LogP contribution < -0.4 is 10.1 Å². The van der Waals surface area contributed by atoms with Crippen molar-refractivity contribution in [2.24, 2.45) is 5.41 Å². The molecule has 0 spiro atoms. The zero-order chi connectivity index (χ0) is 23.2. The van der Waals surface area contributed by atoms with Gasteiger partial charge in [-0.15, -0.1) is 0 Å². The number of Topliss-reactive ketones (excluding diaryl/α,β-unsaturated/α-hetero) is 1. The summed E-state index contributed by atoms with van der Waals surface area (Å²) in [5, 5.41) is 1.79. The first-order valence-corrected chi connectivity index (χ1v) is 9.90. The number of rotatable bonds is 5. The van der Waals surface area contributed by atoms with E-state index in [1.807, 2.05) is 0 Å². The molecule has 9 heteroatoms. The van der Waals surface area contributed by atoms with Crippen molar-refractivity contribution >= 4 is 17.6 Å². The number of benzene rings is 1. The second kappa shape index (κ2) is 7.69. The van der Waals surface area contributed by atoms with Crippen LogP contribution in [-0.4, -0.2) is 47.9 Å². The van der Waals surface area contributed by atoms with Gasteiger partial charge in [-0.05, 0) is 29.9 Å². The summed E-state index contributed by atoms with van der Waals surface area (Å²) in [6.45, 7) is 4.35. The molecule has 1 heterocycles. The number of ether oxygens (including phenoxy) is 1. The van der Waals surface area contributed by atoms with Crippen LogP contribution in [0.25, 0.3) is 0 Å². The van der Waals surface area contributed by atoms with Gasteiger partial charge in [-0.25, -0.2) is 0 Å². The number of ketones is 1. The average Bonchev–Trinajstić information content (AvgIpc) is 2.87. The third-order valence-corrected chi connectivity index (χ3v) is 5.71. The second-order valence-corrected chi connectivity index (χ2v) is 8.71. The monoisotopic (exact) mass is 438 g/mol. The molecule has 168 valence electrons. The first-order chi connectivity index (χ1) is 14.3. The van der Waals surface area contributed by atoms with Crippen molar-refractivity contribution in [3.63, 3.8) is 0 Å². The van der Waals surface area contributed by atoms with Gasteiger partial charge in [-0.3, -0.25) is 14.4 Å². The molecule has 1 N–H and O–H groups in total. The topological polar surface area (TPSA) is 75.7 Å². The zero-order valence-corrected chi connectivity index (χ0v) is 17.9. The summed E-state index contributed by atoms with van der Waals surface area (Å²) in [7, 11) is 1.48. The number of nitrogens with one attached hydrogen (secondary N) is 1. The van der Waals surface area contributed by atoms with Gasteiger partial charge < -0.3 is 15.0 Å². The molecule has 2 aliphatic rings. The highest BCUT2D eigenvalue weighted by molar-refractivity contribution is 6.13. The normalized spacial score (nSPS) is 23.1. The van der Waals surface area contributed by atoms with E-state index in [0.29, 0.717) is 11.3 Å². The van der Waals surface area contributed by atoms with E-state index in [9.17, 15) is 27.6 Å². The molecule has 3 rings (SSSR count). The molecule has 0 radical (unpaired) electrons. The average molecular weight is 438 g/mol. The largest absolute Gasteiger partial charge is 0.496 e. The lowest BCUT2D eigenvalue weighted by Crippen LogP contribution is -2.66. The van der Waals surface area contributed by atoms with Crippen molar-refractivity contribution in [1.82, 2.24) is 10.2 Å². The summed E-state index contributed by atoms with van der Waals surface area (Å²) in [4.78, 5) is 38.9. The Hall–Kier alpha value is -2.84. The van der Waals surface area contributed by atoms with Crippen LogP contribution in [0.4, 0.5) is 13.2 Å². The molecule has 1 aromatic carbocycles. The molecule has 6 nitrogen and oxygen atoms in total. The molecule has 0 saturated carbocycles. The highest BCUT2D eigenvalue weighted by Crippen LogP contribution is 2.51. The second-order valence-electron chi connectivity index (χ2n) is 8.71. The number of hydrogen-bond donors (Lipinski definition) is 1. The van der Waals surface area contributed by atoms with Gasteiger partial charge >= 0.3 is 6.18 Å². The van der Waals surface area contributed by atoms with Crippen molar-refractivity contribution in [2.75, 3.05) is 13.7 Å². The zero-order valence-electron chi connectivity index (χ0n) is 17.9. The molecule has 0 saturated heterocycles. The van der Waals surface area contributed by atoms with Crippen LogP contribution in [0.1, 0.15) is 39.2 Å². The molecule has 1 aliphatic carbocycles. The number of allylic oxidation sites excluding steroid dienone is 1. The Balaban J connectivity index is 2.10. The Morgan fingerprint density at radius 3 is 2.42 bits per heavy atom. The van der Waals surface area contributed by atoms with Gasteiger partial charge in [0.15, 0.2) is 5.78 Å². The van der Waals surface area contributed by atoms with Crippen molar-refractivity contribution in [1.29, 1.82) is 0 Å². The first kappa shape index (κ1) is 22.8. The van der Waals surface area contributed by atoms with Crippen molar-refractivity contribution in [3.8, 4) is 5.75 Å². The molecule has 1 aromatic rings. The molecule has 1 aliphatic heterocycles. The fraction of sp³-hybridized carbons (Fsp3) is 0.500. The van der Waals surface area contributed by atoms with Crippen LogP contribution >= 0.6 is 0 Å². The molecule has 0 unspecified atom stereocenters. The van der Waals surface area contributed by atoms with E-state index < -0.39 is 40.3 Å². The lowest BCUT2D eigenvalue weighted by atomic mass is 9.72. The molecule has 31 heavy (non-hydrogen) atoms. The number of methoxy groups -OCH3 is 1. The van der Waals surface area contributed by atoms with Crippen LogP contribution in [-0.2, 0) is 20.8 Å². The summed E-state index contributed by atoms with van der Waals surface area (Å²) in [6, 6.07) is 7.00. The minimum atomic E-state index is -5.17. The molecular weight excluding hydrogens is 413 g/mol. The van der Waals surface area contributed by atoms with Gasteiger partial charge in [0.05, 0.1) is 12.7 Å². The van der Waals surface area contributed by atoms with E-state index in [1.54, 1.807) is 43.4 Å². The van der Waals surface area contributed by atoms with Gasteiger partial charge in [0.1, 0.15) is 5.75 Å². The number of amides is 2. The Labute approximate surface area is 178 Å². The fourth-order valence-corrected chi connectivity index (χ4v) is 4.47. The quantitative estimate of drug-likeness (QED) is 0.766. The van der Waals surface area contributed by atoms with Gasteiger partial charge in [-0.1, -0.05) is 32.0 Å². The Morgan fingerprint density at radius 2 is 1.84 bits per heavy atom. The summed E-state index contributed by atoms with van der Waals surface area (Å²) in [6.07, 6.45) is -4.98. The SMILES string of the molecule is COc1ccccc1CCN1C(=O)[C@](NC(C)=O)(C(F)(F)F)C2=C1CC(C)(C)CC2=O. The number of alkyl halides is 3. The summed E-state index contributed by atoms with van der Waals surface area (Å²) in [5.74, 6) is -2.61. The standard InChI is InChI=1S/C22H25F3N2O4/c1-13(28)26-21(22(23,24)25)18-15(11-20(2,3)12-16(18)29)27(19(21)30)10-9-14-7-5-6-8-17(14)31-4/h5-8H,9-12H2,1-4H3,(H,26,28)/t21-/m0/s1. The molecule has 0 bridgehead atoms. The van der Waals surface area contributed by atoms with Crippen molar-refractivity contribution in [2.45, 2.75) is 51.7 Å². The maximum absolute atomic E-state index is 14.4. The van der Waals surface area contributed by atoms with E-state index in [-0.39, 0.29) is 31.5 Å². The summed E-state index contributed by atoms with van der Waals surface area (Å²) < 4.78 is 48.3. The molecular formula is C22H25F3N2O4. The van der Waals surface area contributed by atoms with E-state index in [0.717, 1.165) is 11.8 Å².